The summed E-state index contributed by atoms with van der Waals surface area (Å²) in [6.07, 6.45) is 6.64. The maximum absolute atomic E-state index is 5.79. The van der Waals surface area contributed by atoms with Gasteiger partial charge in [0.2, 0.25) is 0 Å². The lowest BCUT2D eigenvalue weighted by Gasteiger charge is -2.34. The van der Waals surface area contributed by atoms with Crippen LogP contribution in [0.25, 0.3) is 0 Å². The summed E-state index contributed by atoms with van der Waals surface area (Å²) in [7, 11) is 0. The van der Waals surface area contributed by atoms with Crippen molar-refractivity contribution in [1.29, 1.82) is 0 Å². The molecule has 2 saturated heterocycles. The molecule has 2 heterocycles. The molecule has 24 heavy (non-hydrogen) atoms. The minimum atomic E-state index is 0.228. The third-order valence-corrected chi connectivity index (χ3v) is 5.96. The molecular weight excluding hydrogens is 326 g/mol. The summed E-state index contributed by atoms with van der Waals surface area (Å²) in [6.45, 7) is 8.73. The predicted octanol–water partition coefficient (Wildman–Crippen LogP) is 1.65. The summed E-state index contributed by atoms with van der Waals surface area (Å²) < 4.78 is 16.8. The highest BCUT2D eigenvalue weighted by Gasteiger charge is 2.31. The van der Waals surface area contributed by atoms with Gasteiger partial charge in [-0.1, -0.05) is 0 Å². The molecule has 0 aromatic carbocycles. The summed E-state index contributed by atoms with van der Waals surface area (Å²) in [5.41, 5.74) is 0. The van der Waals surface area contributed by atoms with Crippen molar-refractivity contribution < 1.29 is 14.2 Å². The van der Waals surface area contributed by atoms with E-state index in [-0.39, 0.29) is 4.75 Å². The molecule has 0 spiro atoms. The van der Waals surface area contributed by atoms with Crippen molar-refractivity contribution in [3.63, 3.8) is 0 Å². The topological polar surface area (TPSA) is 64.1 Å². The van der Waals surface area contributed by atoms with Crippen molar-refractivity contribution in [1.82, 2.24) is 10.6 Å². The second-order valence-corrected chi connectivity index (χ2v) is 7.61. The van der Waals surface area contributed by atoms with Crippen LogP contribution in [0.15, 0.2) is 4.99 Å². The van der Waals surface area contributed by atoms with Gasteiger partial charge in [-0.05, 0) is 38.9 Å². The van der Waals surface area contributed by atoms with E-state index in [1.54, 1.807) is 0 Å². The van der Waals surface area contributed by atoms with Crippen LogP contribution >= 0.6 is 11.8 Å². The smallest absolute Gasteiger partial charge is 0.191 e. The van der Waals surface area contributed by atoms with Crippen molar-refractivity contribution in [2.24, 2.45) is 4.99 Å². The van der Waals surface area contributed by atoms with Gasteiger partial charge in [-0.25, -0.2) is 0 Å². The Kier molecular flexibility index (Phi) is 9.23. The average Bonchev–Trinajstić information content (AvgIpc) is 3.13. The molecule has 2 fully saturated rings. The van der Waals surface area contributed by atoms with Crippen LogP contribution in [0.2, 0.25) is 0 Å². The molecule has 2 rings (SSSR count). The Bertz CT molecular complexity index is 370. The van der Waals surface area contributed by atoms with Crippen LogP contribution in [0.3, 0.4) is 0 Å². The first kappa shape index (κ1) is 19.8. The molecule has 1 unspecified atom stereocenters. The Labute approximate surface area is 150 Å². The Morgan fingerprint density at radius 2 is 2.08 bits per heavy atom. The fraction of sp³-hybridized carbons (Fsp3) is 0.941. The van der Waals surface area contributed by atoms with E-state index in [2.05, 4.69) is 23.8 Å². The summed E-state index contributed by atoms with van der Waals surface area (Å²) in [5.74, 6) is 0.904. The zero-order chi connectivity index (χ0) is 17.1. The molecule has 6 nitrogen and oxygen atoms in total. The SMILES string of the molecule is CCNC(=NCC1(SC)CCOCC1)NCCCOC1CCOC1. The highest BCUT2D eigenvalue weighted by molar-refractivity contribution is 8.00. The van der Waals surface area contributed by atoms with Crippen molar-refractivity contribution in [2.45, 2.75) is 43.5 Å². The van der Waals surface area contributed by atoms with E-state index < -0.39 is 0 Å². The lowest BCUT2D eigenvalue weighted by atomic mass is 9.99. The molecule has 2 aliphatic heterocycles. The number of ether oxygens (including phenoxy) is 3. The number of hydrogen-bond acceptors (Lipinski definition) is 5. The first-order valence-electron chi connectivity index (χ1n) is 9.12. The van der Waals surface area contributed by atoms with Crippen molar-refractivity contribution in [2.75, 3.05) is 58.9 Å². The highest BCUT2D eigenvalue weighted by Crippen LogP contribution is 2.33. The molecule has 0 bridgehead atoms. The number of guanidine groups is 1. The minimum absolute atomic E-state index is 0.228. The van der Waals surface area contributed by atoms with Gasteiger partial charge in [0.1, 0.15) is 0 Å². The molecular formula is C17H33N3O3S. The van der Waals surface area contributed by atoms with Gasteiger partial charge in [-0.15, -0.1) is 0 Å². The number of hydrogen-bond donors (Lipinski definition) is 2. The summed E-state index contributed by atoms with van der Waals surface area (Å²) in [6, 6.07) is 0. The molecule has 0 aromatic rings. The van der Waals surface area contributed by atoms with Crippen molar-refractivity contribution >= 4 is 17.7 Å². The van der Waals surface area contributed by atoms with Gasteiger partial charge in [0.25, 0.3) is 0 Å². The number of nitrogens with zero attached hydrogens (tertiary/aromatic N) is 1. The molecule has 2 N–H and O–H groups in total. The maximum Gasteiger partial charge on any atom is 0.191 e. The Hall–Kier alpha value is -0.500. The second kappa shape index (κ2) is 11.2. The third-order valence-electron chi connectivity index (χ3n) is 4.56. The van der Waals surface area contributed by atoms with Gasteiger partial charge in [-0.3, -0.25) is 4.99 Å². The van der Waals surface area contributed by atoms with E-state index >= 15 is 0 Å². The minimum Gasteiger partial charge on any atom is -0.381 e. The maximum atomic E-state index is 5.79. The van der Waals surface area contributed by atoms with Gasteiger partial charge >= 0.3 is 0 Å². The number of thioether (sulfide) groups is 1. The van der Waals surface area contributed by atoms with Crippen LogP contribution < -0.4 is 10.6 Å². The quantitative estimate of drug-likeness (QED) is 0.371. The first-order valence-corrected chi connectivity index (χ1v) is 10.3. The largest absolute Gasteiger partial charge is 0.381 e. The van der Waals surface area contributed by atoms with Gasteiger partial charge in [0.05, 0.1) is 19.3 Å². The number of nitrogens with one attached hydrogen (secondary N) is 2. The zero-order valence-electron chi connectivity index (χ0n) is 15.1. The standard InChI is InChI=1S/C17H33N3O3S/c1-3-18-16(19-8-4-9-23-15-5-10-22-13-15)20-14-17(24-2)6-11-21-12-7-17/h15H,3-14H2,1-2H3,(H2,18,19,20). The second-order valence-electron chi connectivity index (χ2n) is 6.33. The van der Waals surface area contributed by atoms with Crippen LogP contribution in [0.5, 0.6) is 0 Å². The van der Waals surface area contributed by atoms with E-state index in [0.717, 1.165) is 84.3 Å². The predicted molar refractivity (Wildman–Crippen MR) is 100 cm³/mol. The van der Waals surface area contributed by atoms with E-state index in [4.69, 9.17) is 19.2 Å². The summed E-state index contributed by atoms with van der Waals surface area (Å²) in [4.78, 5) is 4.81. The zero-order valence-corrected chi connectivity index (χ0v) is 16.0. The number of rotatable bonds is 9. The molecule has 0 aromatic heterocycles. The number of aliphatic imine (C=N–C) groups is 1. The Balaban J connectivity index is 1.69. The van der Waals surface area contributed by atoms with E-state index in [1.807, 2.05) is 11.8 Å². The Morgan fingerprint density at radius 3 is 2.75 bits per heavy atom. The van der Waals surface area contributed by atoms with Gasteiger partial charge in [0, 0.05) is 44.3 Å². The van der Waals surface area contributed by atoms with E-state index in [0.29, 0.717) is 6.10 Å². The molecule has 0 aliphatic carbocycles. The molecule has 0 saturated carbocycles. The molecule has 7 heteroatoms. The van der Waals surface area contributed by atoms with Gasteiger partial charge < -0.3 is 24.8 Å². The van der Waals surface area contributed by atoms with Crippen LogP contribution in [-0.4, -0.2) is 75.7 Å². The fourth-order valence-corrected chi connectivity index (χ4v) is 3.68. The normalized spacial score (nSPS) is 24.1. The lowest BCUT2D eigenvalue weighted by Crippen LogP contribution is -2.41. The molecule has 0 amide bonds. The lowest BCUT2D eigenvalue weighted by molar-refractivity contribution is 0.0420. The summed E-state index contributed by atoms with van der Waals surface area (Å²) >= 11 is 1.92. The molecule has 140 valence electrons. The van der Waals surface area contributed by atoms with Crippen molar-refractivity contribution in [3.05, 3.63) is 0 Å². The van der Waals surface area contributed by atoms with Crippen molar-refractivity contribution in [3.8, 4) is 0 Å². The monoisotopic (exact) mass is 359 g/mol. The first-order chi connectivity index (χ1) is 11.8. The van der Waals surface area contributed by atoms with E-state index in [1.165, 1.54) is 0 Å². The Morgan fingerprint density at radius 1 is 1.25 bits per heavy atom. The van der Waals surface area contributed by atoms with Crippen LogP contribution in [0.4, 0.5) is 0 Å². The highest BCUT2D eigenvalue weighted by atomic mass is 32.2. The summed E-state index contributed by atoms with van der Waals surface area (Å²) in [5, 5.41) is 6.75. The fourth-order valence-electron chi connectivity index (χ4n) is 2.91. The molecule has 2 aliphatic rings. The van der Waals surface area contributed by atoms with Gasteiger partial charge in [-0.2, -0.15) is 11.8 Å². The third kappa shape index (κ3) is 6.78. The van der Waals surface area contributed by atoms with E-state index in [9.17, 15) is 0 Å². The van der Waals surface area contributed by atoms with Crippen LogP contribution in [0, 0.1) is 0 Å². The van der Waals surface area contributed by atoms with Gasteiger partial charge in [0.15, 0.2) is 5.96 Å². The van der Waals surface area contributed by atoms with Crippen LogP contribution in [-0.2, 0) is 14.2 Å². The average molecular weight is 360 g/mol. The molecule has 1 atom stereocenters. The molecule has 0 radical (unpaired) electrons. The van der Waals surface area contributed by atoms with Crippen LogP contribution in [0.1, 0.15) is 32.6 Å².